The van der Waals surface area contributed by atoms with Crippen LogP contribution in [0.1, 0.15) is 150 Å². The molecule has 3 unspecified atom stereocenters. The fourth-order valence-electron chi connectivity index (χ4n) is 16.6. The molecule has 7 amide bonds. The molecule has 20 N–H and O–H groups in total. The summed E-state index contributed by atoms with van der Waals surface area (Å²) in [6.07, 6.45) is -3.18. The lowest BCUT2D eigenvalue weighted by atomic mass is 9.56. The van der Waals surface area contributed by atoms with Gasteiger partial charge in [-0.3, -0.25) is 42.6 Å². The molecule has 0 spiro atoms. The lowest BCUT2D eigenvalue weighted by molar-refractivity contribution is -0.124. The molecule has 0 saturated carbocycles. The summed E-state index contributed by atoms with van der Waals surface area (Å²) in [7, 11) is -5.05. The molecule has 0 radical (unpaired) electrons. The van der Waals surface area contributed by atoms with Gasteiger partial charge in [0.1, 0.15) is 18.3 Å². The monoisotopic (exact) mass is 1280 g/mol. The lowest BCUT2D eigenvalue weighted by Crippen LogP contribution is -2.64. The van der Waals surface area contributed by atoms with Crippen LogP contribution < -0.4 is 61.0 Å². The summed E-state index contributed by atoms with van der Waals surface area (Å²) in [6, 6.07) is 1.29. The number of aliphatic hydroxyl groups excluding tert-OH is 2. The number of carbonyl (C=O) groups is 7. The third-order valence-corrected chi connectivity index (χ3v) is 22.9. The quantitative estimate of drug-likeness (QED) is 0.0596. The molecule has 0 aliphatic carbocycles. The van der Waals surface area contributed by atoms with E-state index in [9.17, 15) is 53.2 Å². The van der Waals surface area contributed by atoms with Crippen LogP contribution in [0.2, 0.25) is 0 Å². The normalized spacial score (nSPS) is 36.8. The molecule has 1 aromatic heterocycles. The summed E-state index contributed by atoms with van der Waals surface area (Å²) >= 11 is 0. The van der Waals surface area contributed by atoms with Gasteiger partial charge in [0.2, 0.25) is 41.4 Å². The average molecular weight is 1280 g/mol. The van der Waals surface area contributed by atoms with Gasteiger partial charge in [-0.25, -0.2) is 9.55 Å². The summed E-state index contributed by atoms with van der Waals surface area (Å²) in [5.41, 5.74) is 37.8. The number of fused-ring (bicyclic) bond motifs is 10. The highest BCUT2D eigenvalue weighted by molar-refractivity contribution is 7.47. The number of hydrogen-bond donors (Lipinski definition) is 14. The van der Waals surface area contributed by atoms with E-state index in [1.165, 1.54) is 13.3 Å². The molecule has 28 heteroatoms. The van der Waals surface area contributed by atoms with Crippen molar-refractivity contribution in [2.24, 2.45) is 79.7 Å². The van der Waals surface area contributed by atoms with Gasteiger partial charge in [0, 0.05) is 126 Å². The Kier molecular flexibility index (Phi) is 20.1. The van der Waals surface area contributed by atoms with Crippen LogP contribution in [-0.4, -0.2) is 133 Å². The van der Waals surface area contributed by atoms with Gasteiger partial charge in [0.15, 0.2) is 6.23 Å². The van der Waals surface area contributed by atoms with Gasteiger partial charge in [-0.15, -0.1) is 0 Å². The summed E-state index contributed by atoms with van der Waals surface area (Å²) in [5.74, 6) is -6.24. The first-order chi connectivity index (χ1) is 41.8. The Bertz CT molecular complexity index is 3330. The molecule has 498 valence electrons. The highest BCUT2D eigenvalue weighted by Crippen LogP contribution is 2.62. The maximum Gasteiger partial charge on any atom is 0.472 e. The van der Waals surface area contributed by atoms with Gasteiger partial charge in [0.05, 0.1) is 30.1 Å². The number of nitrogens with two attached hydrogens (primary N) is 6. The first kappa shape index (κ1) is 69.6. The van der Waals surface area contributed by atoms with Gasteiger partial charge in [-0.2, -0.15) is 0 Å². The zero-order chi connectivity index (χ0) is 66.7. The molecule has 6 aliphatic heterocycles. The fourth-order valence-corrected chi connectivity index (χ4v) is 17.8. The Balaban J connectivity index is 1.17. The zero-order valence-electron chi connectivity index (χ0n) is 53.6. The molecule has 1 aromatic carbocycles. The number of phosphoric acid groups is 1. The molecule has 7 heterocycles. The Morgan fingerprint density at radius 1 is 0.778 bits per heavy atom. The minimum Gasteiger partial charge on any atom is -0.394 e. The van der Waals surface area contributed by atoms with Crippen molar-refractivity contribution < 1.29 is 67.0 Å². The smallest absolute Gasteiger partial charge is 0.394 e. The zero-order valence-corrected chi connectivity index (χ0v) is 54.5. The van der Waals surface area contributed by atoms with Crippen LogP contribution >= 0.6 is 7.82 Å². The van der Waals surface area contributed by atoms with Crippen LogP contribution in [0.4, 0.5) is 0 Å². The number of nitrogens with zero attached hydrogens (tertiary/aromatic N) is 2. The predicted octanol–water partition coefficient (Wildman–Crippen LogP) is 1.71. The van der Waals surface area contributed by atoms with Crippen LogP contribution in [-0.2, 0) is 51.9 Å². The minimum absolute atomic E-state index is 0.0299. The Morgan fingerprint density at radius 3 is 1.98 bits per heavy atom. The first-order valence-corrected chi connectivity index (χ1v) is 32.6. The van der Waals surface area contributed by atoms with E-state index >= 15 is 0 Å². The van der Waals surface area contributed by atoms with E-state index in [4.69, 9.17) is 48.2 Å². The average Bonchev–Trinajstić information content (AvgIpc) is 1.53. The number of aliphatic hydroxyl groups is 2. The number of rotatable bonds is 26. The van der Waals surface area contributed by atoms with Crippen LogP contribution in [0.3, 0.4) is 0 Å². The van der Waals surface area contributed by atoms with E-state index in [0.29, 0.717) is 40.1 Å². The van der Waals surface area contributed by atoms with Crippen LogP contribution in [0, 0.1) is 59.2 Å². The number of aryl methyl sites for hydroxylation is 2. The SMILES string of the molecule is C/C1=C2/N[C@H]([C@H](CC(N)=O)[C@@]2(C)CCC(=O)NC[C@@H](C)OP(=O)(O)O[C@H]2[C@@H](O)[C@@H](n3cnc4cc(C)c(C)cc43)O[C@@H]2CO)[C@]2(C)N[C@@H](/C(C)=C3\N/C(=C\C4NC1[C@@H](CCC(N)=O)C4(C)C)[C@@H](CCC(N)=O)[C@]3(C)CC(N)=O)[C@@H](CCC(N)=O)[C@]2(C)CC(N)=O. The van der Waals surface area contributed by atoms with Crippen molar-refractivity contribution in [3.05, 3.63) is 63.9 Å². The minimum atomic E-state index is -5.05. The number of primary amides is 6. The molecule has 5 fully saturated rings. The van der Waals surface area contributed by atoms with Crippen molar-refractivity contribution in [1.29, 1.82) is 0 Å². The van der Waals surface area contributed by atoms with E-state index in [-0.39, 0.29) is 76.7 Å². The van der Waals surface area contributed by atoms with Crippen molar-refractivity contribution in [2.75, 3.05) is 13.2 Å². The predicted molar refractivity (Wildman–Crippen MR) is 332 cm³/mol. The summed E-state index contributed by atoms with van der Waals surface area (Å²) in [4.78, 5) is 109. The van der Waals surface area contributed by atoms with Crippen molar-refractivity contribution in [1.82, 2.24) is 36.1 Å². The highest BCUT2D eigenvalue weighted by atomic mass is 31.2. The number of imidazole rings is 1. The number of allylic oxidation sites excluding steroid dienone is 3. The Hall–Kier alpha value is -6.29. The van der Waals surface area contributed by atoms with Crippen molar-refractivity contribution >= 4 is 60.2 Å². The van der Waals surface area contributed by atoms with E-state index in [1.54, 1.807) is 4.57 Å². The first-order valence-electron chi connectivity index (χ1n) is 31.1. The van der Waals surface area contributed by atoms with Crippen molar-refractivity contribution in [2.45, 2.75) is 207 Å². The second-order valence-corrected chi connectivity index (χ2v) is 29.3. The van der Waals surface area contributed by atoms with E-state index in [1.807, 2.05) is 67.5 Å². The van der Waals surface area contributed by atoms with Crippen LogP contribution in [0.5, 0.6) is 0 Å². The molecule has 5 saturated heterocycles. The summed E-state index contributed by atoms with van der Waals surface area (Å²) in [5, 5.41) is 40.2. The van der Waals surface area contributed by atoms with Gasteiger partial charge in [-0.1, -0.05) is 34.6 Å². The van der Waals surface area contributed by atoms with E-state index in [2.05, 4.69) is 51.5 Å². The van der Waals surface area contributed by atoms with E-state index < -0.39 is 156 Å². The van der Waals surface area contributed by atoms with Gasteiger partial charge < -0.3 is 85.4 Å². The Labute approximate surface area is 525 Å². The molecular weight excluding hydrogens is 1180 g/mol. The molecule has 8 bridgehead atoms. The van der Waals surface area contributed by atoms with E-state index in [0.717, 1.165) is 16.7 Å². The maximum absolute atomic E-state index is 14.4. The third-order valence-electron chi connectivity index (χ3n) is 21.7. The second-order valence-electron chi connectivity index (χ2n) is 27.9. The molecular formula is C62H96N13O14P. The number of benzene rings is 1. The van der Waals surface area contributed by atoms with Gasteiger partial charge in [0.25, 0.3) is 0 Å². The number of nitrogens with one attached hydrogen (secondary N) is 5. The van der Waals surface area contributed by atoms with Crippen molar-refractivity contribution in [3.63, 3.8) is 0 Å². The summed E-state index contributed by atoms with van der Waals surface area (Å²) < 4.78 is 32.3. The number of ether oxygens (including phenoxy) is 1. The molecule has 27 nitrogen and oxygen atoms in total. The number of phosphoric ester groups is 1. The summed E-state index contributed by atoms with van der Waals surface area (Å²) in [6.45, 7) is 20.1. The Morgan fingerprint density at radius 2 is 1.38 bits per heavy atom. The van der Waals surface area contributed by atoms with Gasteiger partial charge >= 0.3 is 7.82 Å². The number of aromatic nitrogens is 2. The molecule has 90 heavy (non-hydrogen) atoms. The highest BCUT2D eigenvalue weighted by Gasteiger charge is 2.68. The van der Waals surface area contributed by atoms with Crippen LogP contribution in [0.15, 0.2) is 52.8 Å². The topological polar surface area (TPSA) is 459 Å². The molecule has 6 aliphatic rings. The fraction of sp³-hybridized carbons (Fsp3) is 0.677. The van der Waals surface area contributed by atoms with Gasteiger partial charge in [-0.05, 0) is 125 Å². The largest absolute Gasteiger partial charge is 0.472 e. The number of amides is 7. The lowest BCUT2D eigenvalue weighted by Gasteiger charge is -2.49. The number of carbonyl (C=O) groups excluding carboxylic acids is 7. The molecule has 8 rings (SSSR count). The second kappa shape index (κ2) is 26.0. The molecule has 18 atom stereocenters. The van der Waals surface area contributed by atoms with Crippen LogP contribution in [0.25, 0.3) is 11.0 Å². The standard InChI is InChI=1S/C62H96N13O14P/c1-29-20-39-40(21-30(29)2)75(28-70-39)57-52(84)53(41(27-76)87-57)89-90(85,86)88-31(3)26-69-49(83)18-19-59(8)37(22-46(66)80)56-62(11)61(10,25-48(68)82)36(14-17-45(65)79)51(74-62)33(5)55-60(9,24-47(67)81)34(12-15-43(63)77)38(71-55)23-42-58(6,7)35(13-16-44(64)78)50(72-42)32(4)54(59)73-56/h20-21,23,28,31,34-37,41-42,50-53,56-57,71-74,76,84H,12-19,22,24-27H2,1-11H3,(H2,63,77)(H2,64,78)(H2,65,79)(H2,66,80)(H2,67,81)(H2,68,82)(H,69,83)(H,85,86)/b38-23-,54-32-,55-33-/t31-,34-,35-,36-,37+,41-,42?,50?,51+,52-,53-,56-,57+,59-,60+,61+,62+/m1/s1. The molecule has 2 aromatic rings. The maximum atomic E-state index is 14.4. The number of hydrogen-bond acceptors (Lipinski definition) is 18. The van der Waals surface area contributed by atoms with Crippen molar-refractivity contribution in [3.8, 4) is 0 Å². The third kappa shape index (κ3) is 13.2.